The van der Waals surface area contributed by atoms with Crippen molar-refractivity contribution in [3.8, 4) is 0 Å². The van der Waals surface area contributed by atoms with Crippen LogP contribution in [0.5, 0.6) is 0 Å². The Kier molecular flexibility index (Phi) is 5.74. The Labute approximate surface area is 155 Å². The lowest BCUT2D eigenvalue weighted by Crippen LogP contribution is -2.40. The monoisotopic (exact) mass is 391 g/mol. The van der Waals surface area contributed by atoms with E-state index >= 15 is 0 Å². The summed E-state index contributed by atoms with van der Waals surface area (Å²) in [4.78, 5) is 14.6. The molecular formula is C16H17N5O5S. The number of hydrogen-bond donors (Lipinski definition) is 1. The van der Waals surface area contributed by atoms with Crippen LogP contribution in [0.15, 0.2) is 52.6 Å². The van der Waals surface area contributed by atoms with Crippen molar-refractivity contribution in [1.29, 1.82) is 0 Å². The molecule has 1 aliphatic rings. The number of aromatic nitrogens is 1. The number of nitro groups is 1. The average molecular weight is 391 g/mol. The van der Waals surface area contributed by atoms with E-state index in [2.05, 4.69) is 15.5 Å². The van der Waals surface area contributed by atoms with Gasteiger partial charge in [0, 0.05) is 25.4 Å². The Morgan fingerprint density at radius 3 is 2.70 bits per heavy atom. The first-order chi connectivity index (χ1) is 13.0. The topological polar surface area (TPSA) is 127 Å². The zero-order valence-electron chi connectivity index (χ0n) is 14.2. The molecule has 11 heteroatoms. The molecule has 0 spiro atoms. The van der Waals surface area contributed by atoms with Crippen LogP contribution in [0, 0.1) is 10.1 Å². The van der Waals surface area contributed by atoms with Crippen molar-refractivity contribution in [2.24, 2.45) is 5.10 Å². The van der Waals surface area contributed by atoms with Gasteiger partial charge < -0.3 is 4.74 Å². The van der Waals surface area contributed by atoms with Gasteiger partial charge in [0.05, 0.1) is 34.9 Å². The van der Waals surface area contributed by atoms with E-state index in [1.165, 1.54) is 22.7 Å². The Bertz CT molecular complexity index is 943. The number of morpholine rings is 1. The van der Waals surface area contributed by atoms with Gasteiger partial charge in [-0.2, -0.15) is 9.41 Å². The lowest BCUT2D eigenvalue weighted by Gasteiger charge is -2.26. The first-order valence-corrected chi connectivity index (χ1v) is 9.49. The summed E-state index contributed by atoms with van der Waals surface area (Å²) in [5.74, 6) is 0. The molecule has 0 radical (unpaired) electrons. The fourth-order valence-electron chi connectivity index (χ4n) is 2.47. The fraction of sp³-hybridized carbons (Fsp3) is 0.250. The van der Waals surface area contributed by atoms with Crippen molar-refractivity contribution >= 4 is 27.6 Å². The molecule has 1 aromatic carbocycles. The summed E-state index contributed by atoms with van der Waals surface area (Å²) >= 11 is 0. The van der Waals surface area contributed by atoms with Crippen LogP contribution >= 0.6 is 0 Å². The van der Waals surface area contributed by atoms with E-state index < -0.39 is 14.9 Å². The number of benzene rings is 1. The summed E-state index contributed by atoms with van der Waals surface area (Å²) in [6, 6.07) is 8.92. The number of rotatable bonds is 6. The predicted octanol–water partition coefficient (Wildman–Crippen LogP) is 1.46. The summed E-state index contributed by atoms with van der Waals surface area (Å²) in [5.41, 5.74) is 2.82. The Hall–Kier alpha value is -2.89. The largest absolute Gasteiger partial charge is 0.379 e. The highest BCUT2D eigenvalue weighted by atomic mass is 32.2. The third-order valence-corrected chi connectivity index (χ3v) is 5.74. The maximum absolute atomic E-state index is 12.7. The highest BCUT2D eigenvalue weighted by molar-refractivity contribution is 7.89. The minimum Gasteiger partial charge on any atom is -0.379 e. The summed E-state index contributed by atoms with van der Waals surface area (Å²) in [6.45, 7) is 1.02. The minimum atomic E-state index is -3.83. The van der Waals surface area contributed by atoms with Crippen molar-refractivity contribution in [2.45, 2.75) is 4.90 Å². The van der Waals surface area contributed by atoms with Gasteiger partial charge in [-0.1, -0.05) is 6.07 Å². The van der Waals surface area contributed by atoms with Crippen LogP contribution in [-0.4, -0.2) is 55.1 Å². The highest BCUT2D eigenvalue weighted by Crippen LogP contribution is 2.29. The number of nitrogens with zero attached hydrogens (tertiary/aromatic N) is 4. The zero-order valence-corrected chi connectivity index (χ0v) is 15.0. The Balaban J connectivity index is 1.84. The van der Waals surface area contributed by atoms with Crippen LogP contribution in [0.2, 0.25) is 0 Å². The van der Waals surface area contributed by atoms with E-state index in [1.807, 2.05) is 0 Å². The normalized spacial score (nSPS) is 15.7. The van der Waals surface area contributed by atoms with E-state index in [-0.39, 0.29) is 29.4 Å². The second kappa shape index (κ2) is 8.20. The highest BCUT2D eigenvalue weighted by Gasteiger charge is 2.28. The van der Waals surface area contributed by atoms with Gasteiger partial charge in [-0.15, -0.1) is 0 Å². The molecule has 1 aromatic heterocycles. The molecule has 0 saturated carbocycles. The molecular weight excluding hydrogens is 374 g/mol. The lowest BCUT2D eigenvalue weighted by atomic mass is 10.3. The number of sulfonamides is 1. The standard InChI is InChI=1S/C16H17N5O5S/c22-21(23)16-11-14(27(24,25)20-7-9-26-10-8-20)4-5-15(16)19-18-12-13-3-1-2-6-17-13/h1-6,11-12,19H,7-10H2. The average Bonchev–Trinajstić information content (AvgIpc) is 2.69. The van der Waals surface area contributed by atoms with Gasteiger partial charge in [0.15, 0.2) is 0 Å². The summed E-state index contributed by atoms with van der Waals surface area (Å²) in [6.07, 6.45) is 3.00. The molecule has 0 amide bonds. The smallest absolute Gasteiger partial charge is 0.295 e. The van der Waals surface area contributed by atoms with E-state index in [1.54, 1.807) is 24.4 Å². The van der Waals surface area contributed by atoms with Crippen LogP contribution in [0.1, 0.15) is 5.69 Å². The van der Waals surface area contributed by atoms with Crippen LogP contribution in [0.25, 0.3) is 0 Å². The van der Waals surface area contributed by atoms with Crippen molar-refractivity contribution in [3.63, 3.8) is 0 Å². The van der Waals surface area contributed by atoms with Gasteiger partial charge in [0.1, 0.15) is 5.69 Å². The van der Waals surface area contributed by atoms with Gasteiger partial charge in [-0.3, -0.25) is 20.5 Å². The second-order valence-electron chi connectivity index (χ2n) is 5.58. The Morgan fingerprint density at radius 1 is 1.26 bits per heavy atom. The van der Waals surface area contributed by atoms with Crippen LogP contribution in [0.4, 0.5) is 11.4 Å². The van der Waals surface area contributed by atoms with Crippen molar-refractivity contribution < 1.29 is 18.1 Å². The van der Waals surface area contributed by atoms with Crippen LogP contribution in [0.3, 0.4) is 0 Å². The van der Waals surface area contributed by atoms with Crippen molar-refractivity contribution in [3.05, 3.63) is 58.4 Å². The molecule has 1 fully saturated rings. The van der Waals surface area contributed by atoms with Crippen molar-refractivity contribution in [1.82, 2.24) is 9.29 Å². The van der Waals surface area contributed by atoms with Gasteiger partial charge in [-0.25, -0.2) is 8.42 Å². The SMILES string of the molecule is O=[N+]([O-])c1cc(S(=O)(=O)N2CCOCC2)ccc1NN=Cc1ccccn1. The molecule has 0 atom stereocenters. The maximum Gasteiger partial charge on any atom is 0.295 e. The molecule has 0 aliphatic carbocycles. The van der Waals surface area contributed by atoms with Gasteiger partial charge >= 0.3 is 0 Å². The molecule has 3 rings (SSSR count). The summed E-state index contributed by atoms with van der Waals surface area (Å²) < 4.78 is 31.7. The molecule has 1 N–H and O–H groups in total. The number of hydrazone groups is 1. The fourth-order valence-corrected chi connectivity index (χ4v) is 3.90. The molecule has 2 heterocycles. The molecule has 0 bridgehead atoms. The Morgan fingerprint density at radius 2 is 2.04 bits per heavy atom. The summed E-state index contributed by atoms with van der Waals surface area (Å²) in [5, 5.41) is 15.3. The quantitative estimate of drug-likeness (QED) is 0.448. The third-order valence-electron chi connectivity index (χ3n) is 3.84. The molecule has 10 nitrogen and oxygen atoms in total. The number of nitrogens with one attached hydrogen (secondary N) is 1. The van der Waals surface area contributed by atoms with Crippen molar-refractivity contribution in [2.75, 3.05) is 31.7 Å². The second-order valence-corrected chi connectivity index (χ2v) is 7.52. The van der Waals surface area contributed by atoms with Crippen LogP contribution in [-0.2, 0) is 14.8 Å². The van der Waals surface area contributed by atoms with E-state index in [0.29, 0.717) is 18.9 Å². The molecule has 142 valence electrons. The van der Waals surface area contributed by atoms with Gasteiger partial charge in [0.2, 0.25) is 10.0 Å². The molecule has 27 heavy (non-hydrogen) atoms. The molecule has 0 unspecified atom stereocenters. The zero-order chi connectivity index (χ0) is 19.3. The van der Waals surface area contributed by atoms with Gasteiger partial charge in [0.25, 0.3) is 5.69 Å². The molecule has 2 aromatic rings. The van der Waals surface area contributed by atoms with E-state index in [0.717, 1.165) is 6.07 Å². The molecule has 1 saturated heterocycles. The van der Waals surface area contributed by atoms with E-state index in [9.17, 15) is 18.5 Å². The number of anilines is 1. The number of ether oxygens (including phenoxy) is 1. The first kappa shape index (κ1) is 18.9. The number of hydrogen-bond acceptors (Lipinski definition) is 8. The lowest BCUT2D eigenvalue weighted by molar-refractivity contribution is -0.384. The predicted molar refractivity (Wildman–Crippen MR) is 98.1 cm³/mol. The minimum absolute atomic E-state index is 0.0770. The number of pyridine rings is 1. The van der Waals surface area contributed by atoms with Crippen LogP contribution < -0.4 is 5.43 Å². The maximum atomic E-state index is 12.7. The third kappa shape index (κ3) is 4.45. The van der Waals surface area contributed by atoms with E-state index in [4.69, 9.17) is 4.74 Å². The number of nitro benzene ring substituents is 1. The van der Waals surface area contributed by atoms with Gasteiger partial charge in [-0.05, 0) is 24.3 Å². The summed E-state index contributed by atoms with van der Waals surface area (Å²) in [7, 11) is -3.83. The first-order valence-electron chi connectivity index (χ1n) is 8.05. The molecule has 1 aliphatic heterocycles.